The fourth-order valence-corrected chi connectivity index (χ4v) is 5.11. The maximum absolute atomic E-state index is 12.6. The molecule has 1 amide bonds. The molecule has 0 saturated carbocycles. The molecule has 2 heterocycles. The summed E-state index contributed by atoms with van der Waals surface area (Å²) >= 11 is 1.68. The Hall–Kier alpha value is -1.74. The van der Waals surface area contributed by atoms with Gasteiger partial charge in [-0.3, -0.25) is 4.79 Å². The minimum atomic E-state index is -3.47. The van der Waals surface area contributed by atoms with Gasteiger partial charge in [0.15, 0.2) is 0 Å². The fourth-order valence-electron chi connectivity index (χ4n) is 2.88. The van der Waals surface area contributed by atoms with E-state index in [2.05, 4.69) is 5.32 Å². The van der Waals surface area contributed by atoms with Crippen molar-refractivity contribution in [3.8, 4) is 0 Å². The third-order valence-corrected chi connectivity index (χ3v) is 7.34. The number of nitrogens with one attached hydrogen (secondary N) is 1. The highest BCUT2D eigenvalue weighted by molar-refractivity contribution is 7.89. The number of nitrogens with zero attached hydrogens (tertiary/aromatic N) is 1. The molecule has 0 aliphatic carbocycles. The number of carbonyl (C=O) groups is 1. The number of sulfonamides is 1. The van der Waals surface area contributed by atoms with E-state index >= 15 is 0 Å². The summed E-state index contributed by atoms with van der Waals surface area (Å²) in [5.41, 5.74) is 0.943. The van der Waals surface area contributed by atoms with E-state index < -0.39 is 10.0 Å². The van der Waals surface area contributed by atoms with Crippen molar-refractivity contribution in [3.63, 3.8) is 0 Å². The summed E-state index contributed by atoms with van der Waals surface area (Å²) in [6.07, 6.45) is 0.951. The zero-order valence-corrected chi connectivity index (χ0v) is 16.9. The average Bonchev–Trinajstić information content (AvgIpc) is 3.11. The second kappa shape index (κ2) is 8.97. The summed E-state index contributed by atoms with van der Waals surface area (Å²) in [5.74, 6) is -0.00827. The lowest BCUT2D eigenvalue weighted by molar-refractivity contribution is -0.121. The maximum atomic E-state index is 12.6. The molecule has 0 atom stereocenters. The molecule has 3 rings (SSSR count). The van der Waals surface area contributed by atoms with Crippen molar-refractivity contribution in [1.82, 2.24) is 9.62 Å². The van der Waals surface area contributed by atoms with Crippen molar-refractivity contribution in [1.29, 1.82) is 0 Å². The Kier molecular flexibility index (Phi) is 6.64. The number of hydrogen-bond acceptors (Lipinski definition) is 5. The number of ether oxygens (including phenoxy) is 1. The molecule has 1 aromatic carbocycles. The Morgan fingerprint density at radius 3 is 2.48 bits per heavy atom. The van der Waals surface area contributed by atoms with Crippen LogP contribution in [0, 0.1) is 6.92 Å². The molecule has 1 aliphatic rings. The zero-order valence-electron chi connectivity index (χ0n) is 15.3. The highest BCUT2D eigenvalue weighted by Crippen LogP contribution is 2.18. The van der Waals surface area contributed by atoms with Gasteiger partial charge in [-0.05, 0) is 43.2 Å². The van der Waals surface area contributed by atoms with Crippen LogP contribution in [0.1, 0.15) is 21.7 Å². The average molecular weight is 409 g/mol. The van der Waals surface area contributed by atoms with Crippen LogP contribution in [0.2, 0.25) is 0 Å². The van der Waals surface area contributed by atoms with Crippen LogP contribution in [0.25, 0.3) is 0 Å². The van der Waals surface area contributed by atoms with Crippen LogP contribution in [0.5, 0.6) is 0 Å². The van der Waals surface area contributed by atoms with Crippen LogP contribution in [0.15, 0.2) is 41.3 Å². The molecule has 0 radical (unpaired) electrons. The Labute approximate surface area is 164 Å². The largest absolute Gasteiger partial charge is 0.379 e. The Balaban J connectivity index is 1.50. The van der Waals surface area contributed by atoms with Gasteiger partial charge in [0.2, 0.25) is 15.9 Å². The van der Waals surface area contributed by atoms with Gasteiger partial charge in [-0.25, -0.2) is 8.42 Å². The molecule has 1 aliphatic heterocycles. The number of rotatable bonds is 7. The zero-order chi connectivity index (χ0) is 19.3. The predicted molar refractivity (Wildman–Crippen MR) is 105 cm³/mol. The van der Waals surface area contributed by atoms with Gasteiger partial charge in [0, 0.05) is 29.3 Å². The van der Waals surface area contributed by atoms with Gasteiger partial charge in [-0.1, -0.05) is 12.1 Å². The highest BCUT2D eigenvalue weighted by Gasteiger charge is 2.26. The van der Waals surface area contributed by atoms with Crippen molar-refractivity contribution < 1.29 is 17.9 Å². The molecule has 8 heteroatoms. The van der Waals surface area contributed by atoms with E-state index in [0.29, 0.717) is 45.7 Å². The van der Waals surface area contributed by atoms with Gasteiger partial charge in [0.25, 0.3) is 0 Å². The van der Waals surface area contributed by atoms with Gasteiger partial charge in [0.1, 0.15) is 0 Å². The van der Waals surface area contributed by atoms with Crippen LogP contribution in [-0.4, -0.2) is 44.9 Å². The van der Waals surface area contributed by atoms with Crippen LogP contribution in [-0.2, 0) is 32.5 Å². The van der Waals surface area contributed by atoms with Crippen molar-refractivity contribution in [2.75, 3.05) is 26.3 Å². The molecule has 2 aromatic rings. The van der Waals surface area contributed by atoms with Crippen LogP contribution < -0.4 is 5.32 Å². The van der Waals surface area contributed by atoms with Crippen LogP contribution in [0.3, 0.4) is 0 Å². The van der Waals surface area contributed by atoms with Gasteiger partial charge in [-0.15, -0.1) is 11.3 Å². The Morgan fingerprint density at radius 2 is 1.85 bits per heavy atom. The first-order valence-corrected chi connectivity index (χ1v) is 11.2. The first kappa shape index (κ1) is 20.0. The Morgan fingerprint density at radius 1 is 1.15 bits per heavy atom. The number of carbonyl (C=O) groups excluding carboxylic acids is 1. The monoisotopic (exact) mass is 408 g/mol. The predicted octanol–water partition coefficient (Wildman–Crippen LogP) is 2.33. The number of hydrogen-bond donors (Lipinski definition) is 1. The number of morpholine rings is 1. The van der Waals surface area contributed by atoms with Gasteiger partial charge < -0.3 is 10.1 Å². The van der Waals surface area contributed by atoms with Crippen molar-refractivity contribution >= 4 is 27.3 Å². The van der Waals surface area contributed by atoms with Gasteiger partial charge >= 0.3 is 0 Å². The standard InChI is InChI=1S/C19H24N2O4S2/c1-15-2-6-17(26-15)14-20-19(22)9-5-16-3-7-18(8-4-16)27(23,24)21-10-12-25-13-11-21/h2-4,6-8H,5,9-14H2,1H3,(H,20,22). The summed E-state index contributed by atoms with van der Waals surface area (Å²) in [7, 11) is -3.47. The molecule has 1 saturated heterocycles. The number of aryl methyl sites for hydroxylation is 2. The van der Waals surface area contributed by atoms with Crippen LogP contribution in [0.4, 0.5) is 0 Å². The van der Waals surface area contributed by atoms with Crippen molar-refractivity contribution in [2.24, 2.45) is 0 Å². The van der Waals surface area contributed by atoms with Crippen molar-refractivity contribution in [2.45, 2.75) is 31.2 Å². The molecule has 1 N–H and O–H groups in total. The lowest BCUT2D eigenvalue weighted by atomic mass is 10.1. The maximum Gasteiger partial charge on any atom is 0.243 e. The molecule has 1 fully saturated rings. The fraction of sp³-hybridized carbons (Fsp3) is 0.421. The summed E-state index contributed by atoms with van der Waals surface area (Å²) in [5, 5.41) is 2.92. The molecule has 1 aromatic heterocycles. The van der Waals surface area contributed by atoms with E-state index in [1.54, 1.807) is 35.6 Å². The van der Waals surface area contributed by atoms with Crippen LogP contribution >= 0.6 is 11.3 Å². The van der Waals surface area contributed by atoms with Gasteiger partial charge in [-0.2, -0.15) is 4.31 Å². The third kappa shape index (κ3) is 5.38. The quantitative estimate of drug-likeness (QED) is 0.763. The number of benzene rings is 1. The molecular weight excluding hydrogens is 384 g/mol. The van der Waals surface area contributed by atoms with Crippen molar-refractivity contribution in [3.05, 3.63) is 51.7 Å². The van der Waals surface area contributed by atoms with E-state index in [1.807, 2.05) is 19.1 Å². The Bertz CT molecular complexity index is 869. The number of amides is 1. The lowest BCUT2D eigenvalue weighted by Crippen LogP contribution is -2.40. The topological polar surface area (TPSA) is 75.7 Å². The molecule has 27 heavy (non-hydrogen) atoms. The summed E-state index contributed by atoms with van der Waals surface area (Å²) in [6, 6.07) is 10.9. The van der Waals surface area contributed by atoms with E-state index in [0.717, 1.165) is 10.4 Å². The lowest BCUT2D eigenvalue weighted by Gasteiger charge is -2.26. The molecule has 0 bridgehead atoms. The summed E-state index contributed by atoms with van der Waals surface area (Å²) < 4.78 is 31.8. The molecule has 0 unspecified atom stereocenters. The molecule has 146 valence electrons. The second-order valence-corrected chi connectivity index (χ2v) is 9.76. The minimum absolute atomic E-state index is 0.00827. The van der Waals surface area contributed by atoms with E-state index in [4.69, 9.17) is 4.74 Å². The molecule has 0 spiro atoms. The summed E-state index contributed by atoms with van der Waals surface area (Å²) in [6.45, 7) is 4.21. The molecule has 6 nitrogen and oxygen atoms in total. The van der Waals surface area contributed by atoms with E-state index in [1.165, 1.54) is 9.18 Å². The van der Waals surface area contributed by atoms with Gasteiger partial charge in [0.05, 0.1) is 24.7 Å². The van der Waals surface area contributed by atoms with E-state index in [-0.39, 0.29) is 10.8 Å². The first-order valence-electron chi connectivity index (χ1n) is 8.94. The highest BCUT2D eigenvalue weighted by atomic mass is 32.2. The summed E-state index contributed by atoms with van der Waals surface area (Å²) in [4.78, 5) is 14.7. The smallest absolute Gasteiger partial charge is 0.243 e. The van der Waals surface area contributed by atoms with E-state index in [9.17, 15) is 13.2 Å². The number of thiophene rings is 1. The second-order valence-electron chi connectivity index (χ2n) is 6.45. The SMILES string of the molecule is Cc1ccc(CNC(=O)CCc2ccc(S(=O)(=O)N3CCOCC3)cc2)s1. The third-order valence-electron chi connectivity index (χ3n) is 4.43. The minimum Gasteiger partial charge on any atom is -0.379 e. The molecular formula is C19H24N2O4S2. The normalized spacial score (nSPS) is 15.6. The first-order chi connectivity index (χ1) is 12.9.